The number of ether oxygens (including phenoxy) is 1. The fourth-order valence-electron chi connectivity index (χ4n) is 2.56. The van der Waals surface area contributed by atoms with E-state index in [-0.39, 0.29) is 0 Å². The van der Waals surface area contributed by atoms with Crippen LogP contribution in [0.4, 0.5) is 5.69 Å². The lowest BCUT2D eigenvalue weighted by molar-refractivity contribution is 0.0607. The molecule has 4 nitrogen and oxygen atoms in total. The van der Waals surface area contributed by atoms with Crippen molar-refractivity contribution < 1.29 is 13.7 Å². The molecule has 0 saturated carbocycles. The van der Waals surface area contributed by atoms with Gasteiger partial charge in [-0.05, 0) is 48.7 Å². The van der Waals surface area contributed by atoms with Gasteiger partial charge in [-0.1, -0.05) is 55.8 Å². The molecule has 0 saturated heterocycles. The standard InChI is InChI=1S/C20H18ClNO3S2.C2H6/c1-12-10-18(13(2)9-15(12)21)27(24)22-16-11-17(14-7-5-4-6-8-14)26-19(16)20(23)25-3;1-2/h4-11,22H,1-3H3;1-2H3. The fraction of sp³-hybridized carbons (Fsp3) is 0.227. The van der Waals surface area contributed by atoms with Crippen molar-refractivity contribution in [1.82, 2.24) is 0 Å². The van der Waals surface area contributed by atoms with E-state index in [4.69, 9.17) is 16.3 Å². The zero-order valence-electron chi connectivity index (χ0n) is 17.0. The number of carbonyl (C=O) groups is 1. The van der Waals surface area contributed by atoms with Crippen LogP contribution in [0.2, 0.25) is 5.02 Å². The second-order valence-corrected chi connectivity index (χ2v) is 8.59. The average molecular weight is 450 g/mol. The average Bonchev–Trinajstić information content (AvgIpc) is 3.16. The van der Waals surface area contributed by atoms with E-state index in [1.54, 1.807) is 12.1 Å². The van der Waals surface area contributed by atoms with E-state index in [1.807, 2.05) is 64.1 Å². The van der Waals surface area contributed by atoms with Gasteiger partial charge >= 0.3 is 5.97 Å². The molecule has 0 aliphatic rings. The van der Waals surface area contributed by atoms with Crippen molar-refractivity contribution in [2.45, 2.75) is 32.6 Å². The Bertz CT molecular complexity index is 1020. The summed E-state index contributed by atoms with van der Waals surface area (Å²) in [5, 5.41) is 0.630. The third kappa shape index (κ3) is 5.47. The van der Waals surface area contributed by atoms with E-state index in [0.29, 0.717) is 20.5 Å². The quantitative estimate of drug-likeness (QED) is 0.444. The van der Waals surface area contributed by atoms with Gasteiger partial charge in [0.15, 0.2) is 11.0 Å². The van der Waals surface area contributed by atoms with Gasteiger partial charge in [0.1, 0.15) is 4.88 Å². The van der Waals surface area contributed by atoms with E-state index in [1.165, 1.54) is 18.4 Å². The van der Waals surface area contributed by atoms with Crippen LogP contribution in [0.1, 0.15) is 34.6 Å². The maximum absolute atomic E-state index is 12.9. The minimum atomic E-state index is -1.55. The summed E-state index contributed by atoms with van der Waals surface area (Å²) in [6.45, 7) is 7.71. The molecular formula is C22H24ClNO3S2. The summed E-state index contributed by atoms with van der Waals surface area (Å²) in [6.07, 6.45) is 0. The monoisotopic (exact) mass is 449 g/mol. The molecule has 0 amide bonds. The summed E-state index contributed by atoms with van der Waals surface area (Å²) in [7, 11) is -0.215. The van der Waals surface area contributed by atoms with Gasteiger partial charge < -0.3 is 4.74 Å². The summed E-state index contributed by atoms with van der Waals surface area (Å²) >= 11 is 7.43. The highest BCUT2D eigenvalue weighted by Gasteiger charge is 2.20. The molecule has 2 aromatic carbocycles. The predicted molar refractivity (Wildman–Crippen MR) is 123 cm³/mol. The van der Waals surface area contributed by atoms with Crippen LogP contribution < -0.4 is 4.72 Å². The first-order chi connectivity index (χ1) is 13.9. The predicted octanol–water partition coefficient (Wildman–Crippen LogP) is 6.63. The lowest BCUT2D eigenvalue weighted by Gasteiger charge is -2.10. The first kappa shape index (κ1) is 23.1. The van der Waals surface area contributed by atoms with Gasteiger partial charge in [-0.3, -0.25) is 4.72 Å². The highest BCUT2D eigenvalue weighted by Crippen LogP contribution is 2.36. The molecule has 1 unspecified atom stereocenters. The van der Waals surface area contributed by atoms with Crippen molar-refractivity contribution in [3.8, 4) is 10.4 Å². The number of carbonyl (C=O) groups excluding carboxylic acids is 1. The normalized spacial score (nSPS) is 11.2. The number of esters is 1. The highest BCUT2D eigenvalue weighted by atomic mass is 35.5. The van der Waals surface area contributed by atoms with Gasteiger partial charge in [0.25, 0.3) is 0 Å². The minimum Gasteiger partial charge on any atom is -0.465 e. The molecule has 0 aliphatic carbocycles. The molecule has 0 bridgehead atoms. The topological polar surface area (TPSA) is 55.4 Å². The maximum atomic E-state index is 12.9. The molecule has 0 aliphatic heterocycles. The van der Waals surface area contributed by atoms with Crippen LogP contribution in [-0.4, -0.2) is 17.3 Å². The van der Waals surface area contributed by atoms with Gasteiger partial charge in [-0.2, -0.15) is 0 Å². The number of halogens is 1. The van der Waals surface area contributed by atoms with Gasteiger partial charge in [0, 0.05) is 9.90 Å². The van der Waals surface area contributed by atoms with E-state index in [2.05, 4.69) is 4.72 Å². The smallest absolute Gasteiger partial charge is 0.350 e. The van der Waals surface area contributed by atoms with E-state index < -0.39 is 17.0 Å². The maximum Gasteiger partial charge on any atom is 0.350 e. The Hall–Kier alpha value is -2.15. The van der Waals surface area contributed by atoms with Gasteiger partial charge in [0.2, 0.25) is 0 Å². The van der Waals surface area contributed by atoms with Gasteiger partial charge in [-0.25, -0.2) is 9.00 Å². The van der Waals surface area contributed by atoms with Crippen molar-refractivity contribution in [2.75, 3.05) is 11.8 Å². The molecule has 0 spiro atoms. The first-order valence-electron chi connectivity index (χ1n) is 9.13. The molecule has 3 rings (SSSR count). The Balaban J connectivity index is 0.00000145. The number of methoxy groups -OCH3 is 1. The molecule has 1 atom stereocenters. The third-order valence-corrected chi connectivity index (χ3v) is 6.84. The first-order valence-corrected chi connectivity index (χ1v) is 11.5. The SMILES string of the molecule is CC.COC(=O)c1sc(-c2ccccc2)cc1NS(=O)c1cc(C)c(Cl)cc1C. The summed E-state index contributed by atoms with van der Waals surface area (Å²) in [6, 6.07) is 15.1. The Morgan fingerprint density at radius 3 is 2.34 bits per heavy atom. The number of aryl methyl sites for hydroxylation is 2. The summed E-state index contributed by atoms with van der Waals surface area (Å²) in [5.41, 5.74) is 3.12. The van der Waals surface area contributed by atoms with Gasteiger partial charge in [0.05, 0.1) is 17.7 Å². The molecule has 29 heavy (non-hydrogen) atoms. The number of hydrogen-bond acceptors (Lipinski definition) is 4. The largest absolute Gasteiger partial charge is 0.465 e. The van der Waals surface area contributed by atoms with Crippen LogP contribution in [-0.2, 0) is 15.7 Å². The Morgan fingerprint density at radius 2 is 1.72 bits per heavy atom. The lowest BCUT2D eigenvalue weighted by atomic mass is 10.2. The highest BCUT2D eigenvalue weighted by molar-refractivity contribution is 7.86. The van der Waals surface area contributed by atoms with Crippen LogP contribution in [0, 0.1) is 13.8 Å². The number of rotatable bonds is 5. The Labute approximate surface area is 183 Å². The van der Waals surface area contributed by atoms with E-state index >= 15 is 0 Å². The van der Waals surface area contributed by atoms with Crippen LogP contribution in [0.3, 0.4) is 0 Å². The molecule has 3 aromatic rings. The molecule has 0 fully saturated rings. The lowest BCUT2D eigenvalue weighted by Crippen LogP contribution is -2.09. The number of hydrogen-bond donors (Lipinski definition) is 1. The summed E-state index contributed by atoms with van der Waals surface area (Å²) < 4.78 is 20.8. The van der Waals surface area contributed by atoms with Gasteiger partial charge in [-0.15, -0.1) is 11.3 Å². The van der Waals surface area contributed by atoms with Crippen molar-refractivity contribution in [1.29, 1.82) is 0 Å². The van der Waals surface area contributed by atoms with Crippen molar-refractivity contribution in [2.24, 2.45) is 0 Å². The zero-order valence-corrected chi connectivity index (χ0v) is 19.4. The zero-order chi connectivity index (χ0) is 21.6. The number of anilines is 1. The van der Waals surface area contributed by atoms with Crippen molar-refractivity contribution in [3.63, 3.8) is 0 Å². The summed E-state index contributed by atoms with van der Waals surface area (Å²) in [4.78, 5) is 14.1. The van der Waals surface area contributed by atoms with Crippen LogP contribution in [0.15, 0.2) is 53.4 Å². The number of thiophene rings is 1. The molecule has 1 heterocycles. The Morgan fingerprint density at radius 1 is 1.07 bits per heavy atom. The number of benzene rings is 2. The molecule has 7 heteroatoms. The fourth-order valence-corrected chi connectivity index (χ4v) is 4.99. The molecule has 1 N–H and O–H groups in total. The molecular weight excluding hydrogens is 426 g/mol. The third-order valence-electron chi connectivity index (χ3n) is 4.02. The Kier molecular flexibility index (Phi) is 8.44. The summed E-state index contributed by atoms with van der Waals surface area (Å²) in [5.74, 6) is -0.467. The molecule has 0 radical (unpaired) electrons. The van der Waals surface area contributed by atoms with Crippen LogP contribution >= 0.6 is 22.9 Å². The molecule has 154 valence electrons. The molecule has 1 aromatic heterocycles. The van der Waals surface area contributed by atoms with Crippen LogP contribution in [0.5, 0.6) is 0 Å². The van der Waals surface area contributed by atoms with Crippen molar-refractivity contribution in [3.05, 3.63) is 69.6 Å². The van der Waals surface area contributed by atoms with E-state index in [0.717, 1.165) is 21.6 Å². The van der Waals surface area contributed by atoms with Crippen LogP contribution in [0.25, 0.3) is 10.4 Å². The second-order valence-electron chi connectivity index (χ2n) is 5.95. The van der Waals surface area contributed by atoms with Crippen molar-refractivity contribution >= 4 is 45.6 Å². The van der Waals surface area contributed by atoms with E-state index in [9.17, 15) is 9.00 Å². The second kappa shape index (κ2) is 10.6. The minimum absolute atomic E-state index is 0.382. The number of nitrogens with one attached hydrogen (secondary N) is 1.